The monoisotopic (exact) mass is 131 g/mol. The molecule has 0 radical (unpaired) electrons. The summed E-state index contributed by atoms with van der Waals surface area (Å²) in [7, 11) is 0. The predicted molar refractivity (Wildman–Crippen MR) is 33.7 cm³/mol. The molecule has 0 spiro atoms. The lowest BCUT2D eigenvalue weighted by Gasteiger charge is -1.78. The molecule has 0 N–H and O–H groups in total. The van der Waals surface area contributed by atoms with Gasteiger partial charge in [0.15, 0.2) is 4.98 Å². The molecule has 0 aliphatic heterocycles. The summed E-state index contributed by atoms with van der Waals surface area (Å²) >= 11 is 0. The van der Waals surface area contributed by atoms with E-state index in [9.17, 15) is 0 Å². The van der Waals surface area contributed by atoms with Crippen molar-refractivity contribution in [1.29, 1.82) is 10.7 Å². The van der Waals surface area contributed by atoms with Gasteiger partial charge in [-0.1, -0.05) is 0 Å². The second kappa shape index (κ2) is 2.56. The first-order valence-corrected chi connectivity index (χ1v) is 2.58. The van der Waals surface area contributed by atoms with Crippen molar-refractivity contribution in [2.75, 3.05) is 0 Å². The van der Waals surface area contributed by atoms with Crippen LogP contribution in [0.2, 0.25) is 0 Å². The predicted octanol–water partition coefficient (Wildman–Crippen LogP) is 1.44. The summed E-state index contributed by atoms with van der Waals surface area (Å²) in [5.74, 6) is 0. The minimum Gasteiger partial charge on any atom is -0.237 e. The van der Waals surface area contributed by atoms with Crippen LogP contribution in [0.15, 0.2) is 18.3 Å². The van der Waals surface area contributed by atoms with Gasteiger partial charge in [0.25, 0.3) is 0 Å². The average Bonchev–Trinajstić information content (AvgIpc) is 2.05. The molecule has 46 valence electrons. The molecule has 0 bridgehead atoms. The van der Waals surface area contributed by atoms with Gasteiger partial charge < -0.3 is 0 Å². The third-order valence-electron chi connectivity index (χ3n) is 0.978. The van der Waals surface area contributed by atoms with Crippen molar-refractivity contribution in [3.63, 3.8) is 0 Å². The van der Waals surface area contributed by atoms with Gasteiger partial charge in [0.1, 0.15) is 18.0 Å². The van der Waals surface area contributed by atoms with Crippen molar-refractivity contribution in [1.82, 2.24) is 4.98 Å². The van der Waals surface area contributed by atoms with Gasteiger partial charge in [-0.05, 0) is 6.07 Å². The Morgan fingerprint density at radius 1 is 1.50 bits per heavy atom. The number of aromatic nitrogens is 1. The number of nitrogens with zero attached hydrogens (tertiary/aromatic N) is 4. The summed E-state index contributed by atoms with van der Waals surface area (Å²) in [4.78, 5) is 6.53. The van der Waals surface area contributed by atoms with Crippen LogP contribution in [0.4, 0.5) is 5.69 Å². The van der Waals surface area contributed by atoms with E-state index in [1.807, 2.05) is 6.07 Å². The van der Waals surface area contributed by atoms with Crippen LogP contribution in [-0.4, -0.2) is 4.98 Å². The lowest BCUT2D eigenvalue weighted by atomic mass is 10.3. The fraction of sp³-hybridized carbons (Fsp3) is 0. The third-order valence-corrected chi connectivity index (χ3v) is 0.978. The molecule has 0 atom stereocenters. The highest BCUT2D eigenvalue weighted by Crippen LogP contribution is 2.08. The van der Waals surface area contributed by atoms with Crippen LogP contribution in [-0.2, 0) is 0 Å². The van der Waals surface area contributed by atoms with Crippen LogP contribution in [0.1, 0.15) is 5.69 Å². The Kier molecular flexibility index (Phi) is 1.58. The number of nitriles is 1. The van der Waals surface area contributed by atoms with E-state index in [0.717, 1.165) is 0 Å². The topological polar surface area (TPSA) is 64.8 Å². The van der Waals surface area contributed by atoms with Gasteiger partial charge >= 0.3 is 5.69 Å². The van der Waals surface area contributed by atoms with Gasteiger partial charge in [-0.2, -0.15) is 5.26 Å². The molecule has 1 rings (SSSR count). The molecule has 10 heavy (non-hydrogen) atoms. The van der Waals surface area contributed by atoms with Crippen molar-refractivity contribution < 1.29 is 0 Å². The Bertz CT molecular complexity index is 267. The van der Waals surface area contributed by atoms with Crippen LogP contribution < -0.4 is 0 Å². The SMILES string of the molecule is N#Cc1ccc([N+]#N)cn1. The number of hydrogen-bond donors (Lipinski definition) is 0. The van der Waals surface area contributed by atoms with Crippen LogP contribution in [0.5, 0.6) is 0 Å². The third kappa shape index (κ3) is 1.07. The van der Waals surface area contributed by atoms with Crippen LogP contribution in [0, 0.1) is 16.7 Å². The summed E-state index contributed by atoms with van der Waals surface area (Å²) in [6.07, 6.45) is 1.32. The average molecular weight is 131 g/mol. The van der Waals surface area contributed by atoms with Crippen molar-refractivity contribution in [2.24, 2.45) is 0 Å². The first-order valence-electron chi connectivity index (χ1n) is 2.58. The molecule has 0 aromatic carbocycles. The Morgan fingerprint density at radius 2 is 2.30 bits per heavy atom. The van der Waals surface area contributed by atoms with Crippen molar-refractivity contribution in [3.05, 3.63) is 29.0 Å². The molecule has 1 heterocycles. The quantitative estimate of drug-likeness (QED) is 0.500. The maximum absolute atomic E-state index is 8.30. The van der Waals surface area contributed by atoms with Gasteiger partial charge in [0, 0.05) is 6.07 Å². The summed E-state index contributed by atoms with van der Waals surface area (Å²) in [6, 6.07) is 4.83. The van der Waals surface area contributed by atoms with Crippen LogP contribution in [0.25, 0.3) is 4.98 Å². The van der Waals surface area contributed by atoms with Gasteiger partial charge in [0.05, 0.1) is 0 Å². The summed E-state index contributed by atoms with van der Waals surface area (Å²) in [6.45, 7) is 0. The molecule has 0 unspecified atom stereocenters. The number of diazo groups is 1. The second-order valence-electron chi connectivity index (χ2n) is 1.61. The van der Waals surface area contributed by atoms with Crippen molar-refractivity contribution in [3.8, 4) is 6.07 Å². The Labute approximate surface area is 57.4 Å². The zero-order valence-electron chi connectivity index (χ0n) is 5.02. The summed E-state index contributed by atoms with van der Waals surface area (Å²) in [5.41, 5.74) is 0.659. The molecule has 0 fully saturated rings. The molecule has 1 aromatic rings. The summed E-state index contributed by atoms with van der Waals surface area (Å²) < 4.78 is 0. The zero-order chi connectivity index (χ0) is 7.40. The lowest BCUT2D eigenvalue weighted by molar-refractivity contribution is 1.26. The molecule has 4 heteroatoms. The highest BCUT2D eigenvalue weighted by Gasteiger charge is 2.02. The Balaban J connectivity index is 3.08. The fourth-order valence-corrected chi connectivity index (χ4v) is 0.511. The molecule has 1 aromatic heterocycles. The normalized spacial score (nSPS) is 7.80. The van der Waals surface area contributed by atoms with Gasteiger partial charge in [0.2, 0.25) is 5.39 Å². The van der Waals surface area contributed by atoms with Crippen molar-refractivity contribution >= 4 is 5.69 Å². The van der Waals surface area contributed by atoms with E-state index in [1.54, 1.807) is 0 Å². The zero-order valence-corrected chi connectivity index (χ0v) is 5.02. The first kappa shape index (κ1) is 6.18. The van der Waals surface area contributed by atoms with E-state index in [0.29, 0.717) is 11.4 Å². The highest BCUT2D eigenvalue weighted by molar-refractivity contribution is 5.42. The Hall–Kier alpha value is -1.94. The lowest BCUT2D eigenvalue weighted by Crippen LogP contribution is -1.76. The van der Waals surface area contributed by atoms with Gasteiger partial charge in [-0.15, -0.1) is 0 Å². The molecule has 0 aliphatic rings. The Morgan fingerprint density at radius 3 is 2.70 bits per heavy atom. The number of rotatable bonds is 0. The fourth-order valence-electron chi connectivity index (χ4n) is 0.511. The maximum atomic E-state index is 8.30. The molecule has 0 saturated heterocycles. The summed E-state index contributed by atoms with van der Waals surface area (Å²) in [5, 5.41) is 16.5. The number of hydrogen-bond acceptors (Lipinski definition) is 3. The van der Waals surface area contributed by atoms with Crippen molar-refractivity contribution in [2.45, 2.75) is 0 Å². The van der Waals surface area contributed by atoms with E-state index in [1.165, 1.54) is 18.3 Å². The molecule has 4 nitrogen and oxygen atoms in total. The maximum Gasteiger partial charge on any atom is 0.403 e. The molecule has 0 saturated carbocycles. The van der Waals surface area contributed by atoms with E-state index in [-0.39, 0.29) is 0 Å². The standard InChI is InChI=1S/C6H3N4/c7-3-5-1-2-6(10-8)4-9-5/h1-2,4H/q+1. The number of pyridine rings is 1. The molecular weight excluding hydrogens is 128 g/mol. The highest BCUT2D eigenvalue weighted by atomic mass is 14.9. The molecule has 0 aliphatic carbocycles. The van der Waals surface area contributed by atoms with E-state index in [4.69, 9.17) is 10.7 Å². The first-order chi connectivity index (χ1) is 4.86. The van der Waals surface area contributed by atoms with E-state index >= 15 is 0 Å². The van der Waals surface area contributed by atoms with Gasteiger partial charge in [-0.25, -0.2) is 4.98 Å². The molecule has 0 amide bonds. The van der Waals surface area contributed by atoms with E-state index in [2.05, 4.69) is 9.96 Å². The minimum atomic E-state index is 0.312. The van der Waals surface area contributed by atoms with Crippen LogP contribution >= 0.6 is 0 Å². The van der Waals surface area contributed by atoms with Crippen LogP contribution in [0.3, 0.4) is 0 Å². The van der Waals surface area contributed by atoms with Gasteiger partial charge in [-0.3, -0.25) is 0 Å². The van der Waals surface area contributed by atoms with E-state index < -0.39 is 0 Å². The minimum absolute atomic E-state index is 0.312. The largest absolute Gasteiger partial charge is 0.403 e. The smallest absolute Gasteiger partial charge is 0.237 e. The molecular formula is C6H3N4+. The second-order valence-corrected chi connectivity index (χ2v) is 1.61.